The van der Waals surface area contributed by atoms with Gasteiger partial charge in [0.05, 0.1) is 6.61 Å². The highest BCUT2D eigenvalue weighted by Crippen LogP contribution is 2.33. The first-order chi connectivity index (χ1) is 10.1. The summed E-state index contributed by atoms with van der Waals surface area (Å²) in [6.07, 6.45) is 1.72. The molecule has 1 aliphatic rings. The Labute approximate surface area is 132 Å². The monoisotopic (exact) mass is 345 g/mol. The Hall–Kier alpha value is -1.81. The summed E-state index contributed by atoms with van der Waals surface area (Å²) in [7, 11) is 0. The molecule has 0 atom stereocenters. The summed E-state index contributed by atoms with van der Waals surface area (Å²) in [5.41, 5.74) is 9.50. The van der Waals surface area contributed by atoms with Crippen LogP contribution in [0.25, 0.3) is 0 Å². The predicted octanol–water partition coefficient (Wildman–Crippen LogP) is 3.32. The van der Waals surface area contributed by atoms with Crippen LogP contribution < -0.4 is 10.5 Å². The van der Waals surface area contributed by atoms with Crippen molar-refractivity contribution < 1.29 is 9.53 Å². The summed E-state index contributed by atoms with van der Waals surface area (Å²) in [6, 6.07) is 11.5. The maximum Gasteiger partial charge on any atom is 0.141 e. The van der Waals surface area contributed by atoms with Crippen LogP contribution in [0.2, 0.25) is 0 Å². The summed E-state index contributed by atoms with van der Waals surface area (Å²) in [4.78, 5) is 12.3. The van der Waals surface area contributed by atoms with Gasteiger partial charge < -0.3 is 10.5 Å². The fourth-order valence-corrected chi connectivity index (χ4v) is 3.17. The van der Waals surface area contributed by atoms with Crippen LogP contribution in [-0.4, -0.2) is 12.4 Å². The number of ketones is 1. The van der Waals surface area contributed by atoms with Crippen LogP contribution in [-0.2, 0) is 24.1 Å². The van der Waals surface area contributed by atoms with Gasteiger partial charge in [-0.15, -0.1) is 0 Å². The highest BCUT2D eigenvalue weighted by Gasteiger charge is 2.19. The number of carbonyl (C=O) groups excluding carboxylic acids is 1. The number of carbonyl (C=O) groups is 1. The van der Waals surface area contributed by atoms with Crippen molar-refractivity contribution >= 4 is 27.4 Å². The number of hydrogen-bond donors (Lipinski definition) is 1. The molecule has 2 aromatic carbocycles. The van der Waals surface area contributed by atoms with E-state index in [0.717, 1.165) is 27.8 Å². The van der Waals surface area contributed by atoms with Crippen molar-refractivity contribution in [2.24, 2.45) is 0 Å². The van der Waals surface area contributed by atoms with Gasteiger partial charge in [0.25, 0.3) is 0 Å². The van der Waals surface area contributed by atoms with Gasteiger partial charge in [0.2, 0.25) is 0 Å². The number of Topliss-reactive ketones (excluding diaryl/α,β-unsaturated/α-hetero) is 1. The SMILES string of the molecule is Nc1ccc(CC(=O)Cc2cc(Br)cc3c2OCC3)cc1. The highest BCUT2D eigenvalue weighted by molar-refractivity contribution is 9.10. The van der Waals surface area contributed by atoms with Crippen LogP contribution in [0.5, 0.6) is 5.75 Å². The van der Waals surface area contributed by atoms with E-state index in [-0.39, 0.29) is 5.78 Å². The Morgan fingerprint density at radius 3 is 2.71 bits per heavy atom. The summed E-state index contributed by atoms with van der Waals surface area (Å²) < 4.78 is 6.66. The van der Waals surface area contributed by atoms with Crippen molar-refractivity contribution in [3.05, 3.63) is 57.6 Å². The third-order valence-electron chi connectivity index (χ3n) is 3.59. The van der Waals surface area contributed by atoms with Crippen molar-refractivity contribution in [1.82, 2.24) is 0 Å². The summed E-state index contributed by atoms with van der Waals surface area (Å²) >= 11 is 3.50. The fraction of sp³-hybridized carbons (Fsp3) is 0.235. The first-order valence-electron chi connectivity index (χ1n) is 6.92. The molecule has 0 amide bonds. The molecule has 0 saturated heterocycles. The van der Waals surface area contributed by atoms with Gasteiger partial charge in [0, 0.05) is 35.0 Å². The fourth-order valence-electron chi connectivity index (χ4n) is 2.62. The molecule has 1 aliphatic heterocycles. The largest absolute Gasteiger partial charge is 0.493 e. The number of hydrogen-bond acceptors (Lipinski definition) is 3. The van der Waals surface area contributed by atoms with Gasteiger partial charge in [0.1, 0.15) is 11.5 Å². The molecule has 0 unspecified atom stereocenters. The van der Waals surface area contributed by atoms with Crippen molar-refractivity contribution in [3.8, 4) is 5.75 Å². The maximum absolute atomic E-state index is 12.3. The van der Waals surface area contributed by atoms with E-state index in [2.05, 4.69) is 22.0 Å². The number of nitrogen functional groups attached to an aromatic ring is 1. The minimum atomic E-state index is 0.176. The Kier molecular flexibility index (Phi) is 3.97. The van der Waals surface area contributed by atoms with Gasteiger partial charge in [-0.2, -0.15) is 0 Å². The summed E-state index contributed by atoms with van der Waals surface area (Å²) in [6.45, 7) is 0.699. The molecule has 0 radical (unpaired) electrons. The van der Waals surface area contributed by atoms with Crippen LogP contribution >= 0.6 is 15.9 Å². The molecule has 1 heterocycles. The second kappa shape index (κ2) is 5.90. The molecule has 3 rings (SSSR count). The molecule has 108 valence electrons. The molecule has 2 N–H and O–H groups in total. The molecule has 21 heavy (non-hydrogen) atoms. The van der Waals surface area contributed by atoms with Gasteiger partial charge in [-0.1, -0.05) is 28.1 Å². The number of nitrogens with two attached hydrogens (primary N) is 1. The van der Waals surface area contributed by atoms with Gasteiger partial charge in [-0.25, -0.2) is 0 Å². The molecule has 0 spiro atoms. The second-order valence-corrected chi connectivity index (χ2v) is 6.20. The Bertz CT molecular complexity index is 680. The van der Waals surface area contributed by atoms with E-state index >= 15 is 0 Å². The van der Waals surface area contributed by atoms with E-state index < -0.39 is 0 Å². The number of halogens is 1. The zero-order valence-corrected chi connectivity index (χ0v) is 13.2. The maximum atomic E-state index is 12.3. The first kappa shape index (κ1) is 14.1. The topological polar surface area (TPSA) is 52.3 Å². The average molecular weight is 346 g/mol. The van der Waals surface area contributed by atoms with Gasteiger partial charge in [0.15, 0.2) is 0 Å². The third kappa shape index (κ3) is 3.27. The number of benzene rings is 2. The molecule has 0 saturated carbocycles. The Balaban J connectivity index is 1.75. The third-order valence-corrected chi connectivity index (χ3v) is 4.05. The van der Waals surface area contributed by atoms with Crippen LogP contribution in [0.1, 0.15) is 16.7 Å². The zero-order chi connectivity index (χ0) is 14.8. The summed E-state index contributed by atoms with van der Waals surface area (Å²) in [5, 5.41) is 0. The zero-order valence-electron chi connectivity index (χ0n) is 11.6. The molecule has 0 aromatic heterocycles. The lowest BCUT2D eigenvalue weighted by Gasteiger charge is -2.09. The van der Waals surface area contributed by atoms with Crippen molar-refractivity contribution in [2.75, 3.05) is 12.3 Å². The van der Waals surface area contributed by atoms with E-state index in [1.54, 1.807) is 0 Å². The molecule has 0 fully saturated rings. The van der Waals surface area contributed by atoms with Gasteiger partial charge in [-0.3, -0.25) is 4.79 Å². The molecule has 3 nitrogen and oxygen atoms in total. The van der Waals surface area contributed by atoms with Gasteiger partial charge in [-0.05, 0) is 35.4 Å². The van der Waals surface area contributed by atoms with E-state index in [1.165, 1.54) is 5.56 Å². The van der Waals surface area contributed by atoms with Crippen molar-refractivity contribution in [3.63, 3.8) is 0 Å². The lowest BCUT2D eigenvalue weighted by atomic mass is 10.00. The van der Waals surface area contributed by atoms with Crippen LogP contribution in [0.15, 0.2) is 40.9 Å². The first-order valence-corrected chi connectivity index (χ1v) is 7.71. The average Bonchev–Trinajstić information content (AvgIpc) is 2.89. The second-order valence-electron chi connectivity index (χ2n) is 5.29. The van der Waals surface area contributed by atoms with E-state index in [4.69, 9.17) is 10.5 Å². The van der Waals surface area contributed by atoms with Crippen molar-refractivity contribution in [2.45, 2.75) is 19.3 Å². The van der Waals surface area contributed by atoms with Crippen LogP contribution in [0.3, 0.4) is 0 Å². The Morgan fingerprint density at radius 1 is 1.19 bits per heavy atom. The minimum absolute atomic E-state index is 0.176. The molecular weight excluding hydrogens is 330 g/mol. The highest BCUT2D eigenvalue weighted by atomic mass is 79.9. The number of anilines is 1. The number of rotatable bonds is 4. The van der Waals surface area contributed by atoms with E-state index in [1.807, 2.05) is 30.3 Å². The van der Waals surface area contributed by atoms with E-state index in [9.17, 15) is 4.79 Å². The molecule has 0 aliphatic carbocycles. The predicted molar refractivity (Wildman–Crippen MR) is 86.6 cm³/mol. The van der Waals surface area contributed by atoms with Crippen LogP contribution in [0.4, 0.5) is 5.69 Å². The lowest BCUT2D eigenvalue weighted by Crippen LogP contribution is -2.07. The molecule has 4 heteroatoms. The standard InChI is InChI=1S/C17H16BrNO2/c18-14-8-12-5-6-21-17(12)13(9-14)10-16(20)7-11-1-3-15(19)4-2-11/h1-4,8-9H,5-7,10,19H2. The van der Waals surface area contributed by atoms with Gasteiger partial charge >= 0.3 is 0 Å². The Morgan fingerprint density at radius 2 is 1.95 bits per heavy atom. The smallest absolute Gasteiger partial charge is 0.141 e. The molecule has 0 bridgehead atoms. The summed E-state index contributed by atoms with van der Waals surface area (Å²) in [5.74, 6) is 1.07. The normalized spacial score (nSPS) is 12.8. The molecule has 2 aromatic rings. The number of fused-ring (bicyclic) bond motifs is 1. The lowest BCUT2D eigenvalue weighted by molar-refractivity contribution is -0.117. The van der Waals surface area contributed by atoms with E-state index in [0.29, 0.717) is 25.1 Å². The molecular formula is C17H16BrNO2. The van der Waals surface area contributed by atoms with Crippen LogP contribution in [0, 0.1) is 0 Å². The van der Waals surface area contributed by atoms with Crippen molar-refractivity contribution in [1.29, 1.82) is 0 Å². The number of ether oxygens (including phenoxy) is 1. The minimum Gasteiger partial charge on any atom is -0.493 e. The quantitative estimate of drug-likeness (QED) is 0.864.